The maximum Gasteiger partial charge on any atom is 0.176 e. The Bertz CT molecular complexity index is 895. The zero-order valence-corrected chi connectivity index (χ0v) is 19.0. The summed E-state index contributed by atoms with van der Waals surface area (Å²) < 4.78 is 0. The molecule has 31 heavy (non-hydrogen) atoms. The van der Waals surface area contributed by atoms with Crippen molar-refractivity contribution in [1.29, 1.82) is 0 Å². The van der Waals surface area contributed by atoms with Crippen molar-refractivity contribution in [2.45, 2.75) is 38.5 Å². The van der Waals surface area contributed by atoms with Gasteiger partial charge in [0.25, 0.3) is 0 Å². The summed E-state index contributed by atoms with van der Waals surface area (Å²) in [6.07, 6.45) is 0. The Morgan fingerprint density at radius 2 is 0.710 bits per heavy atom. The normalized spacial score (nSPS) is 14.8. The van der Waals surface area contributed by atoms with Gasteiger partial charge in [-0.15, -0.1) is 0 Å². The standard InChI is InChI=1S/C27H27O3P/c1-19(22-13-7-4-8-14-22)25(28)31(26(29)20(2)23-15-9-5-10-16-23)27(30)21(3)24-17-11-6-12-18-24/h4-21H,1-3H3. The molecular formula is C27H27O3P. The van der Waals surface area contributed by atoms with Gasteiger partial charge in [0, 0.05) is 17.8 Å². The quantitative estimate of drug-likeness (QED) is 0.366. The lowest BCUT2D eigenvalue weighted by molar-refractivity contribution is -0.117. The summed E-state index contributed by atoms with van der Waals surface area (Å²) in [7, 11) is -2.15. The lowest BCUT2D eigenvalue weighted by Crippen LogP contribution is -2.23. The predicted molar refractivity (Wildman–Crippen MR) is 127 cm³/mol. The molecule has 0 amide bonds. The van der Waals surface area contributed by atoms with Gasteiger partial charge in [0.05, 0.1) is 0 Å². The van der Waals surface area contributed by atoms with E-state index in [1.54, 1.807) is 20.8 Å². The molecule has 3 rings (SSSR count). The van der Waals surface area contributed by atoms with E-state index in [9.17, 15) is 14.4 Å². The summed E-state index contributed by atoms with van der Waals surface area (Å²) in [5.41, 5.74) is 1.63. The van der Waals surface area contributed by atoms with Crippen molar-refractivity contribution in [2.75, 3.05) is 0 Å². The van der Waals surface area contributed by atoms with Gasteiger partial charge in [0.15, 0.2) is 16.6 Å². The van der Waals surface area contributed by atoms with Crippen LogP contribution in [0.1, 0.15) is 55.2 Å². The van der Waals surface area contributed by atoms with E-state index in [0.29, 0.717) is 0 Å². The Hall–Kier alpha value is -2.90. The molecule has 0 aliphatic rings. The van der Waals surface area contributed by atoms with Crippen LogP contribution >= 0.6 is 7.92 Å². The maximum atomic E-state index is 13.6. The summed E-state index contributed by atoms with van der Waals surface area (Å²) >= 11 is 0. The van der Waals surface area contributed by atoms with Crippen LogP contribution < -0.4 is 0 Å². The van der Waals surface area contributed by atoms with E-state index in [-0.39, 0.29) is 16.6 Å². The Morgan fingerprint density at radius 1 is 0.484 bits per heavy atom. The molecule has 158 valence electrons. The van der Waals surface area contributed by atoms with Crippen LogP contribution in [0, 0.1) is 0 Å². The Morgan fingerprint density at radius 3 is 0.935 bits per heavy atom. The van der Waals surface area contributed by atoms with E-state index in [2.05, 4.69) is 0 Å². The first kappa shape index (κ1) is 22.8. The minimum atomic E-state index is -2.15. The van der Waals surface area contributed by atoms with Crippen molar-refractivity contribution < 1.29 is 14.4 Å². The second-order valence-corrected chi connectivity index (χ2v) is 9.74. The molecule has 0 bridgehead atoms. The highest BCUT2D eigenvalue weighted by molar-refractivity contribution is 8.01. The van der Waals surface area contributed by atoms with Gasteiger partial charge in [-0.2, -0.15) is 0 Å². The fourth-order valence-electron chi connectivity index (χ4n) is 3.56. The van der Waals surface area contributed by atoms with E-state index in [0.717, 1.165) is 16.7 Å². The first-order chi connectivity index (χ1) is 14.9. The third-order valence-electron chi connectivity index (χ3n) is 5.67. The van der Waals surface area contributed by atoms with Crippen LogP contribution in [0.4, 0.5) is 0 Å². The van der Waals surface area contributed by atoms with Gasteiger partial charge >= 0.3 is 0 Å². The van der Waals surface area contributed by atoms with Crippen LogP contribution in [0.5, 0.6) is 0 Å². The fraction of sp³-hybridized carbons (Fsp3) is 0.222. The molecule has 0 spiro atoms. The molecular weight excluding hydrogens is 403 g/mol. The number of hydrogen-bond acceptors (Lipinski definition) is 3. The minimum absolute atomic E-state index is 0.276. The van der Waals surface area contributed by atoms with Crippen LogP contribution in [-0.2, 0) is 14.4 Å². The number of benzene rings is 3. The van der Waals surface area contributed by atoms with Crippen molar-refractivity contribution >= 4 is 24.5 Å². The van der Waals surface area contributed by atoms with E-state index >= 15 is 0 Å². The summed E-state index contributed by atoms with van der Waals surface area (Å²) in [5, 5.41) is 0. The van der Waals surface area contributed by atoms with Crippen molar-refractivity contribution in [3.05, 3.63) is 108 Å². The highest BCUT2D eigenvalue weighted by Gasteiger charge is 2.41. The number of hydrogen-bond donors (Lipinski definition) is 0. The van der Waals surface area contributed by atoms with Crippen molar-refractivity contribution in [1.82, 2.24) is 0 Å². The maximum absolute atomic E-state index is 13.6. The summed E-state index contributed by atoms with van der Waals surface area (Å²) in [6.45, 7) is 5.36. The SMILES string of the molecule is CC(C(=O)P(C(=O)C(C)c1ccccc1)C(=O)C(C)c1ccccc1)c1ccccc1. The lowest BCUT2D eigenvalue weighted by atomic mass is 10.0. The molecule has 3 aromatic rings. The predicted octanol–water partition coefficient (Wildman–Crippen LogP) is 6.46. The molecule has 0 aliphatic heterocycles. The highest BCUT2D eigenvalue weighted by atomic mass is 31.1. The zero-order chi connectivity index (χ0) is 22.4. The summed E-state index contributed by atoms with van der Waals surface area (Å²) in [6, 6.07) is 28.0. The number of carbonyl (C=O) groups is 3. The van der Waals surface area contributed by atoms with E-state index in [4.69, 9.17) is 0 Å². The van der Waals surface area contributed by atoms with Gasteiger partial charge in [0.2, 0.25) is 0 Å². The molecule has 3 atom stereocenters. The molecule has 0 aromatic heterocycles. The van der Waals surface area contributed by atoms with Gasteiger partial charge in [0.1, 0.15) is 7.92 Å². The zero-order valence-electron chi connectivity index (χ0n) is 18.1. The van der Waals surface area contributed by atoms with E-state index < -0.39 is 25.7 Å². The average molecular weight is 430 g/mol. The number of carbonyl (C=O) groups excluding carboxylic acids is 3. The Labute approximate surface area is 185 Å². The van der Waals surface area contributed by atoms with Gasteiger partial charge in [-0.25, -0.2) is 0 Å². The molecule has 0 fully saturated rings. The number of rotatable bonds is 9. The Kier molecular flexibility index (Phi) is 7.65. The molecule has 0 N–H and O–H groups in total. The molecule has 0 aliphatic carbocycles. The molecule has 3 unspecified atom stereocenters. The molecule has 0 heterocycles. The van der Waals surface area contributed by atoms with Crippen LogP contribution in [0.2, 0.25) is 0 Å². The minimum Gasteiger partial charge on any atom is -0.293 e. The summed E-state index contributed by atoms with van der Waals surface area (Å²) in [5.74, 6) is -1.57. The van der Waals surface area contributed by atoms with E-state index in [1.807, 2.05) is 91.0 Å². The van der Waals surface area contributed by atoms with Crippen molar-refractivity contribution in [3.63, 3.8) is 0 Å². The third kappa shape index (κ3) is 5.24. The van der Waals surface area contributed by atoms with Crippen molar-refractivity contribution in [3.8, 4) is 0 Å². The Balaban J connectivity index is 1.97. The van der Waals surface area contributed by atoms with Crippen molar-refractivity contribution in [2.24, 2.45) is 0 Å². The van der Waals surface area contributed by atoms with Crippen LogP contribution in [0.25, 0.3) is 0 Å². The molecule has 0 radical (unpaired) electrons. The smallest absolute Gasteiger partial charge is 0.176 e. The molecule has 0 saturated carbocycles. The van der Waals surface area contributed by atoms with Gasteiger partial charge in [-0.1, -0.05) is 112 Å². The van der Waals surface area contributed by atoms with E-state index in [1.165, 1.54) is 0 Å². The fourth-order valence-corrected chi connectivity index (χ4v) is 5.82. The second kappa shape index (κ2) is 10.4. The van der Waals surface area contributed by atoms with Gasteiger partial charge in [-0.3, -0.25) is 14.4 Å². The van der Waals surface area contributed by atoms with Crippen LogP contribution in [-0.4, -0.2) is 16.6 Å². The first-order valence-corrected chi connectivity index (χ1v) is 11.8. The van der Waals surface area contributed by atoms with Crippen LogP contribution in [0.15, 0.2) is 91.0 Å². The van der Waals surface area contributed by atoms with Gasteiger partial charge in [-0.05, 0) is 16.7 Å². The molecule has 0 saturated heterocycles. The highest BCUT2D eigenvalue weighted by Crippen LogP contribution is 2.50. The summed E-state index contributed by atoms with van der Waals surface area (Å²) in [4.78, 5) is 40.8. The average Bonchev–Trinajstić information content (AvgIpc) is 2.84. The lowest BCUT2D eigenvalue weighted by Gasteiger charge is -2.24. The molecule has 3 nitrogen and oxygen atoms in total. The molecule has 3 aromatic carbocycles. The second-order valence-electron chi connectivity index (χ2n) is 7.75. The largest absolute Gasteiger partial charge is 0.293 e. The third-order valence-corrected chi connectivity index (χ3v) is 8.16. The first-order valence-electron chi connectivity index (χ1n) is 10.5. The van der Waals surface area contributed by atoms with Crippen LogP contribution in [0.3, 0.4) is 0 Å². The molecule has 4 heteroatoms. The topological polar surface area (TPSA) is 51.2 Å². The monoisotopic (exact) mass is 430 g/mol. The van der Waals surface area contributed by atoms with Gasteiger partial charge < -0.3 is 0 Å².